The Morgan fingerprint density at radius 2 is 2.04 bits per heavy atom. The fourth-order valence-corrected chi connectivity index (χ4v) is 5.12. The van der Waals surface area contributed by atoms with Crippen LogP contribution in [0, 0.1) is 0 Å². The summed E-state index contributed by atoms with van der Waals surface area (Å²) in [5.74, 6) is 0.170. The first kappa shape index (κ1) is 18.3. The number of rotatable bonds is 3. The summed E-state index contributed by atoms with van der Waals surface area (Å²) in [5, 5.41) is 3.08. The fraction of sp³-hybridized carbons (Fsp3) is 0.619. The van der Waals surface area contributed by atoms with Gasteiger partial charge in [0, 0.05) is 37.9 Å². The smallest absolute Gasteiger partial charge is 0.409 e. The van der Waals surface area contributed by atoms with Crippen molar-refractivity contribution in [2.75, 3.05) is 32.1 Å². The van der Waals surface area contributed by atoms with Gasteiger partial charge in [0.15, 0.2) is 0 Å². The number of amides is 2. The van der Waals surface area contributed by atoms with Crippen molar-refractivity contribution in [2.24, 2.45) is 0 Å². The van der Waals surface area contributed by atoms with Crippen molar-refractivity contribution in [3.8, 4) is 0 Å². The van der Waals surface area contributed by atoms with E-state index in [1.165, 1.54) is 5.56 Å². The minimum atomic E-state index is -0.339. The monoisotopic (exact) mass is 371 g/mol. The molecule has 1 aromatic carbocycles. The molecule has 2 aliphatic heterocycles. The van der Waals surface area contributed by atoms with Crippen LogP contribution in [-0.4, -0.2) is 60.6 Å². The molecule has 1 atom stereocenters. The second-order valence-corrected chi connectivity index (χ2v) is 8.06. The van der Waals surface area contributed by atoms with Crippen LogP contribution in [0.15, 0.2) is 24.3 Å². The van der Waals surface area contributed by atoms with Crippen LogP contribution >= 0.6 is 0 Å². The minimum absolute atomic E-state index is 0.170. The van der Waals surface area contributed by atoms with Gasteiger partial charge >= 0.3 is 6.09 Å². The van der Waals surface area contributed by atoms with Crippen molar-refractivity contribution < 1.29 is 14.3 Å². The molecule has 0 radical (unpaired) electrons. The van der Waals surface area contributed by atoms with Gasteiger partial charge in [0.1, 0.15) is 0 Å². The summed E-state index contributed by atoms with van der Waals surface area (Å²) in [4.78, 5) is 29.0. The van der Waals surface area contributed by atoms with Crippen LogP contribution < -0.4 is 5.32 Å². The second-order valence-electron chi connectivity index (χ2n) is 8.06. The average molecular weight is 371 g/mol. The van der Waals surface area contributed by atoms with E-state index in [1.54, 1.807) is 4.90 Å². The Hall–Kier alpha value is -2.08. The summed E-state index contributed by atoms with van der Waals surface area (Å²) >= 11 is 0. The number of likely N-dealkylation sites (N-methyl/N-ethyl adjacent to an activating group) is 1. The maximum absolute atomic E-state index is 12.7. The average Bonchev–Trinajstić information content (AvgIpc) is 3.27. The second kappa shape index (κ2) is 7.15. The Labute approximate surface area is 160 Å². The zero-order valence-electron chi connectivity index (χ0n) is 16.2. The van der Waals surface area contributed by atoms with Gasteiger partial charge in [0.05, 0.1) is 12.0 Å². The van der Waals surface area contributed by atoms with Gasteiger partial charge < -0.3 is 15.0 Å². The van der Waals surface area contributed by atoms with E-state index in [2.05, 4.69) is 16.3 Å². The first-order valence-corrected chi connectivity index (χ1v) is 10.1. The first-order valence-electron chi connectivity index (χ1n) is 10.1. The standard InChI is InChI=1S/C21H29N3O3/c1-3-27-20(26)23(2)16-10-13-24(14-16)15-8-11-21(12-9-15)17-6-4-5-7-18(17)22-19(21)25/h4-7,15-16H,3,8-14H2,1-2H3,(H,22,25)/t15?,16-,21?/m0/s1. The molecule has 1 aromatic rings. The molecule has 27 heavy (non-hydrogen) atoms. The number of hydrogen-bond donors (Lipinski definition) is 1. The van der Waals surface area contributed by atoms with Crippen LogP contribution in [0.4, 0.5) is 10.5 Å². The Kier molecular flexibility index (Phi) is 4.84. The summed E-state index contributed by atoms with van der Waals surface area (Å²) in [5.41, 5.74) is 1.82. The number of benzene rings is 1. The van der Waals surface area contributed by atoms with Crippen molar-refractivity contribution in [3.63, 3.8) is 0 Å². The van der Waals surface area contributed by atoms with Gasteiger partial charge in [-0.1, -0.05) is 18.2 Å². The fourth-order valence-electron chi connectivity index (χ4n) is 5.12. The normalized spacial score (nSPS) is 30.2. The predicted molar refractivity (Wildman–Crippen MR) is 104 cm³/mol. The van der Waals surface area contributed by atoms with Crippen LogP contribution in [-0.2, 0) is 14.9 Å². The Morgan fingerprint density at radius 1 is 1.30 bits per heavy atom. The minimum Gasteiger partial charge on any atom is -0.450 e. The number of hydrogen-bond acceptors (Lipinski definition) is 4. The van der Waals surface area contributed by atoms with Crippen LogP contribution in [0.5, 0.6) is 0 Å². The number of nitrogens with one attached hydrogen (secondary N) is 1. The third-order valence-electron chi connectivity index (χ3n) is 6.75. The van der Waals surface area contributed by atoms with Crippen LogP contribution in [0.1, 0.15) is 44.6 Å². The lowest BCUT2D eigenvalue weighted by molar-refractivity contribution is -0.122. The van der Waals surface area contributed by atoms with Gasteiger partial charge in [0.25, 0.3) is 0 Å². The van der Waals surface area contributed by atoms with E-state index in [4.69, 9.17) is 4.74 Å². The van der Waals surface area contributed by atoms with Crippen molar-refractivity contribution in [3.05, 3.63) is 29.8 Å². The van der Waals surface area contributed by atoms with Crippen LogP contribution in [0.25, 0.3) is 0 Å². The molecule has 1 saturated heterocycles. The van der Waals surface area contributed by atoms with Gasteiger partial charge in [-0.25, -0.2) is 4.79 Å². The maximum Gasteiger partial charge on any atom is 0.409 e. The van der Waals surface area contributed by atoms with Gasteiger partial charge in [-0.05, 0) is 50.7 Å². The zero-order chi connectivity index (χ0) is 19.0. The SMILES string of the molecule is CCOC(=O)N(C)[C@H]1CCN(C2CCC3(CC2)C(=O)Nc2ccccc23)C1. The van der Waals surface area contributed by atoms with Crippen LogP contribution in [0.3, 0.4) is 0 Å². The molecular weight excluding hydrogens is 342 g/mol. The number of carbonyl (C=O) groups excluding carboxylic acids is 2. The molecule has 2 amide bonds. The molecule has 4 rings (SSSR count). The number of carbonyl (C=O) groups is 2. The Morgan fingerprint density at radius 3 is 2.78 bits per heavy atom. The lowest BCUT2D eigenvalue weighted by atomic mass is 9.68. The molecule has 0 aromatic heterocycles. The predicted octanol–water partition coefficient (Wildman–Crippen LogP) is 2.98. The largest absolute Gasteiger partial charge is 0.450 e. The van der Waals surface area contributed by atoms with E-state index in [0.717, 1.165) is 50.9 Å². The number of para-hydroxylation sites is 1. The van der Waals surface area contributed by atoms with Gasteiger partial charge in [-0.2, -0.15) is 0 Å². The highest BCUT2D eigenvalue weighted by Crippen LogP contribution is 2.48. The summed E-state index contributed by atoms with van der Waals surface area (Å²) in [7, 11) is 1.84. The molecule has 1 saturated carbocycles. The molecule has 1 N–H and O–H groups in total. The van der Waals surface area contributed by atoms with E-state index in [0.29, 0.717) is 12.6 Å². The number of fused-ring (bicyclic) bond motifs is 2. The van der Waals surface area contributed by atoms with E-state index >= 15 is 0 Å². The zero-order valence-corrected chi connectivity index (χ0v) is 16.2. The number of likely N-dealkylation sites (tertiary alicyclic amines) is 1. The molecule has 1 spiro atoms. The molecule has 6 nitrogen and oxygen atoms in total. The molecule has 146 valence electrons. The highest BCUT2D eigenvalue weighted by atomic mass is 16.6. The summed E-state index contributed by atoms with van der Waals surface area (Å²) in [6, 6.07) is 8.84. The highest BCUT2D eigenvalue weighted by molar-refractivity contribution is 6.06. The maximum atomic E-state index is 12.7. The molecule has 3 aliphatic rings. The Balaban J connectivity index is 1.38. The molecule has 0 bridgehead atoms. The molecule has 0 unspecified atom stereocenters. The molecule has 2 fully saturated rings. The van der Waals surface area contributed by atoms with Gasteiger partial charge in [-0.15, -0.1) is 0 Å². The lowest BCUT2D eigenvalue weighted by Crippen LogP contribution is -2.46. The molecule has 2 heterocycles. The summed E-state index contributed by atoms with van der Waals surface area (Å²) in [6.45, 7) is 4.15. The molecule has 6 heteroatoms. The van der Waals surface area contributed by atoms with E-state index < -0.39 is 0 Å². The third kappa shape index (κ3) is 3.10. The Bertz CT molecular complexity index is 727. The lowest BCUT2D eigenvalue weighted by Gasteiger charge is -2.39. The first-order chi connectivity index (χ1) is 13.0. The highest BCUT2D eigenvalue weighted by Gasteiger charge is 2.49. The number of ether oxygens (including phenoxy) is 1. The number of nitrogens with zero attached hydrogens (tertiary/aromatic N) is 2. The molecule has 1 aliphatic carbocycles. The summed E-state index contributed by atoms with van der Waals surface area (Å²) in [6.07, 6.45) is 4.60. The summed E-state index contributed by atoms with van der Waals surface area (Å²) < 4.78 is 5.13. The number of anilines is 1. The van der Waals surface area contributed by atoms with Gasteiger partial charge in [0.2, 0.25) is 5.91 Å². The van der Waals surface area contributed by atoms with Crippen molar-refractivity contribution in [1.82, 2.24) is 9.80 Å². The third-order valence-corrected chi connectivity index (χ3v) is 6.75. The quantitative estimate of drug-likeness (QED) is 0.887. The van der Waals surface area contributed by atoms with Crippen molar-refractivity contribution in [2.45, 2.75) is 56.5 Å². The van der Waals surface area contributed by atoms with Gasteiger partial charge in [-0.3, -0.25) is 9.69 Å². The van der Waals surface area contributed by atoms with Crippen molar-refractivity contribution in [1.29, 1.82) is 0 Å². The van der Waals surface area contributed by atoms with E-state index in [9.17, 15) is 9.59 Å². The van der Waals surface area contributed by atoms with E-state index in [1.807, 2.05) is 32.2 Å². The van der Waals surface area contributed by atoms with Crippen LogP contribution in [0.2, 0.25) is 0 Å². The van der Waals surface area contributed by atoms with E-state index in [-0.39, 0.29) is 23.5 Å². The van der Waals surface area contributed by atoms with Crippen molar-refractivity contribution >= 4 is 17.7 Å². The molecular formula is C21H29N3O3. The topological polar surface area (TPSA) is 61.9 Å².